The first kappa shape index (κ1) is 17.7. The van der Waals surface area contributed by atoms with Crippen LogP contribution < -0.4 is 5.32 Å². The molecular formula is C15H19N3O5S. The average molecular weight is 353 g/mol. The van der Waals surface area contributed by atoms with Gasteiger partial charge in [-0.1, -0.05) is 23.4 Å². The Hall–Kier alpha value is -2.65. The Bertz CT molecular complexity index is 949. The van der Waals surface area contributed by atoms with E-state index < -0.39 is 21.5 Å². The smallest absolute Gasteiger partial charge is 0.241 e. The second-order valence-electron chi connectivity index (χ2n) is 4.83. The molecule has 0 fully saturated rings. The first-order valence-corrected chi connectivity index (χ1v) is 8.58. The van der Waals surface area contributed by atoms with E-state index in [1.807, 2.05) is 0 Å². The van der Waals surface area contributed by atoms with E-state index in [2.05, 4.69) is 15.5 Å². The number of anilines is 1. The van der Waals surface area contributed by atoms with Crippen molar-refractivity contribution in [1.29, 1.82) is 0 Å². The Balaban J connectivity index is 0.00000101. The van der Waals surface area contributed by atoms with Crippen molar-refractivity contribution in [2.45, 2.75) is 11.8 Å². The van der Waals surface area contributed by atoms with Crippen molar-refractivity contribution in [3.8, 4) is 0 Å². The molecule has 3 rings (SSSR count). The Morgan fingerprint density at radius 2 is 2.08 bits per heavy atom. The molecule has 3 N–H and O–H groups in total. The second-order valence-corrected chi connectivity index (χ2v) is 6.79. The predicted molar refractivity (Wildman–Crippen MR) is 90.5 cm³/mol. The van der Waals surface area contributed by atoms with Crippen LogP contribution >= 0.6 is 0 Å². The van der Waals surface area contributed by atoms with Crippen LogP contribution in [0.1, 0.15) is 7.19 Å². The van der Waals surface area contributed by atoms with Crippen molar-refractivity contribution in [1.82, 2.24) is 10.1 Å². The minimum absolute atomic E-state index is 0. The molecule has 3 aromatic rings. The van der Waals surface area contributed by atoms with Crippen LogP contribution in [0, 0.1) is 6.92 Å². The molecule has 9 heteroatoms. The van der Waals surface area contributed by atoms with Crippen molar-refractivity contribution >= 4 is 32.5 Å². The average Bonchev–Trinajstić information content (AvgIpc) is 3.15. The summed E-state index contributed by atoms with van der Waals surface area (Å²) in [4.78, 5) is 14.9. The first-order chi connectivity index (χ1) is 11.5. The minimum Gasteiger partial charge on any atom is -0.400 e. The predicted octanol–water partition coefficient (Wildman–Crippen LogP) is 1.73. The number of nitrogens with one attached hydrogen (secondary N) is 2. The third-order valence-corrected chi connectivity index (χ3v) is 4.75. The highest BCUT2D eigenvalue weighted by Crippen LogP contribution is 2.23. The summed E-state index contributed by atoms with van der Waals surface area (Å²) in [5, 5.41) is 13.5. The maximum absolute atomic E-state index is 12.4. The van der Waals surface area contributed by atoms with Gasteiger partial charge in [0.2, 0.25) is 5.91 Å². The van der Waals surface area contributed by atoms with Gasteiger partial charge in [-0.3, -0.25) is 4.79 Å². The van der Waals surface area contributed by atoms with E-state index in [1.54, 1.807) is 31.2 Å². The molecule has 2 aromatic heterocycles. The van der Waals surface area contributed by atoms with E-state index in [0.717, 1.165) is 7.11 Å². The number of carbonyl (C=O) groups excluding carboxylic acids is 1. The summed E-state index contributed by atoms with van der Waals surface area (Å²) >= 11 is 0. The van der Waals surface area contributed by atoms with Crippen molar-refractivity contribution < 1.29 is 24.3 Å². The summed E-state index contributed by atoms with van der Waals surface area (Å²) in [6, 6.07) is 8.52. The third-order valence-electron chi connectivity index (χ3n) is 3.10. The van der Waals surface area contributed by atoms with E-state index in [1.165, 1.54) is 12.3 Å². The zero-order valence-corrected chi connectivity index (χ0v) is 13.9. The Morgan fingerprint density at radius 1 is 1.38 bits per heavy atom. The van der Waals surface area contributed by atoms with Gasteiger partial charge in [0, 0.05) is 31.7 Å². The molecule has 2 heterocycles. The number of rotatable bonds is 4. The number of hydrogen-bond donors (Lipinski definition) is 3. The monoisotopic (exact) mass is 353 g/mol. The number of para-hydroxylation sites is 1. The molecule has 1 aromatic carbocycles. The van der Waals surface area contributed by atoms with E-state index in [4.69, 9.17) is 9.63 Å². The number of aromatic nitrogens is 2. The van der Waals surface area contributed by atoms with Crippen LogP contribution in [0.2, 0.25) is 0 Å². The standard InChI is InChI=1S/C14H13N3O4S.CH4O.H2/c1-9-6-13(17-21-9)16-14(18)8-22(19,20)12-7-15-11-5-3-2-4-10(11)12;1-2;/h2-7,15H,8H2,1H3,(H,16,17,18);2H,1H3;1H. The number of aryl methyl sites for hydroxylation is 1. The van der Waals surface area contributed by atoms with Crippen LogP contribution in [0.4, 0.5) is 5.82 Å². The van der Waals surface area contributed by atoms with Gasteiger partial charge < -0.3 is 19.9 Å². The zero-order valence-electron chi connectivity index (χ0n) is 13.1. The molecule has 0 aliphatic carbocycles. The van der Waals surface area contributed by atoms with Gasteiger partial charge in [-0.15, -0.1) is 0 Å². The van der Waals surface area contributed by atoms with Crippen LogP contribution in [0.3, 0.4) is 0 Å². The van der Waals surface area contributed by atoms with Crippen LogP contribution in [-0.2, 0) is 14.6 Å². The molecule has 0 unspecified atom stereocenters. The number of H-pyrrole nitrogens is 1. The quantitative estimate of drug-likeness (QED) is 0.656. The van der Waals surface area contributed by atoms with Gasteiger partial charge in [0.1, 0.15) is 11.5 Å². The molecule has 0 aliphatic heterocycles. The lowest BCUT2D eigenvalue weighted by molar-refractivity contribution is -0.113. The number of fused-ring (bicyclic) bond motifs is 1. The van der Waals surface area contributed by atoms with E-state index in [-0.39, 0.29) is 12.1 Å². The lowest BCUT2D eigenvalue weighted by atomic mass is 10.2. The number of aromatic amines is 1. The number of aliphatic hydroxyl groups excluding tert-OH is 1. The van der Waals surface area contributed by atoms with E-state index in [9.17, 15) is 13.2 Å². The van der Waals surface area contributed by atoms with Gasteiger partial charge in [-0.2, -0.15) is 0 Å². The van der Waals surface area contributed by atoms with Gasteiger partial charge in [0.05, 0.1) is 4.90 Å². The van der Waals surface area contributed by atoms with E-state index >= 15 is 0 Å². The highest BCUT2D eigenvalue weighted by atomic mass is 32.2. The SMILES string of the molecule is CO.Cc1cc(NC(=O)CS(=O)(=O)c2c[nH]c3ccccc23)no1.[HH]. The molecule has 0 bridgehead atoms. The molecule has 130 valence electrons. The van der Waals surface area contributed by atoms with Crippen LogP contribution in [0.25, 0.3) is 10.9 Å². The van der Waals surface area contributed by atoms with Gasteiger partial charge in [-0.25, -0.2) is 8.42 Å². The summed E-state index contributed by atoms with van der Waals surface area (Å²) in [7, 11) is -2.76. The van der Waals surface area contributed by atoms with Crippen molar-refractivity contribution in [2.24, 2.45) is 0 Å². The second kappa shape index (κ2) is 7.28. The number of nitrogens with zero attached hydrogens (tertiary/aromatic N) is 1. The lowest BCUT2D eigenvalue weighted by Crippen LogP contribution is -2.23. The molecular weight excluding hydrogens is 334 g/mol. The fourth-order valence-corrected chi connectivity index (χ4v) is 3.48. The molecule has 8 nitrogen and oxygen atoms in total. The molecule has 0 saturated carbocycles. The van der Waals surface area contributed by atoms with Crippen LogP contribution in [-0.4, -0.2) is 42.4 Å². The Morgan fingerprint density at radius 3 is 2.75 bits per heavy atom. The minimum atomic E-state index is -3.76. The number of aliphatic hydroxyl groups is 1. The summed E-state index contributed by atoms with van der Waals surface area (Å²) in [6.45, 7) is 1.67. The summed E-state index contributed by atoms with van der Waals surface area (Å²) < 4.78 is 29.6. The summed E-state index contributed by atoms with van der Waals surface area (Å²) in [6.07, 6.45) is 1.40. The van der Waals surface area contributed by atoms with Gasteiger partial charge in [0.15, 0.2) is 15.7 Å². The third kappa shape index (κ3) is 3.81. The Labute approximate surface area is 139 Å². The largest absolute Gasteiger partial charge is 0.400 e. The molecule has 0 atom stereocenters. The fraction of sp³-hybridized carbons (Fsp3) is 0.200. The molecule has 0 aliphatic rings. The summed E-state index contributed by atoms with van der Waals surface area (Å²) in [5.74, 6) is -0.620. The highest BCUT2D eigenvalue weighted by Gasteiger charge is 2.23. The number of sulfone groups is 1. The molecule has 1 amide bonds. The first-order valence-electron chi connectivity index (χ1n) is 6.92. The van der Waals surface area contributed by atoms with Crippen molar-refractivity contribution in [3.63, 3.8) is 0 Å². The highest BCUT2D eigenvalue weighted by molar-refractivity contribution is 7.92. The topological polar surface area (TPSA) is 125 Å². The number of hydrogen-bond acceptors (Lipinski definition) is 6. The number of benzene rings is 1. The Kier molecular flexibility index (Phi) is 5.37. The zero-order chi connectivity index (χ0) is 17.7. The van der Waals surface area contributed by atoms with Gasteiger partial charge in [-0.05, 0) is 13.0 Å². The van der Waals surface area contributed by atoms with Gasteiger partial charge >= 0.3 is 0 Å². The normalized spacial score (nSPS) is 11.0. The molecule has 0 radical (unpaired) electrons. The van der Waals surface area contributed by atoms with Crippen molar-refractivity contribution in [2.75, 3.05) is 18.2 Å². The molecule has 0 spiro atoms. The maximum atomic E-state index is 12.4. The fourth-order valence-electron chi connectivity index (χ4n) is 2.16. The van der Waals surface area contributed by atoms with Crippen LogP contribution in [0.15, 0.2) is 45.9 Å². The van der Waals surface area contributed by atoms with Crippen molar-refractivity contribution in [3.05, 3.63) is 42.3 Å². The van der Waals surface area contributed by atoms with E-state index in [0.29, 0.717) is 16.7 Å². The maximum Gasteiger partial charge on any atom is 0.241 e. The number of amides is 1. The van der Waals surface area contributed by atoms with Crippen LogP contribution in [0.5, 0.6) is 0 Å². The lowest BCUT2D eigenvalue weighted by Gasteiger charge is -2.03. The summed E-state index contributed by atoms with van der Waals surface area (Å²) in [5.41, 5.74) is 0.702. The molecule has 24 heavy (non-hydrogen) atoms. The van der Waals surface area contributed by atoms with Gasteiger partial charge in [0.25, 0.3) is 0 Å². The number of carbonyl (C=O) groups is 1. The molecule has 0 saturated heterocycles.